The Kier molecular flexibility index (Phi) is 5.55. The van der Waals surface area contributed by atoms with Gasteiger partial charge in [0.15, 0.2) is 0 Å². The Morgan fingerprint density at radius 1 is 1.50 bits per heavy atom. The molecule has 18 heavy (non-hydrogen) atoms. The number of likely N-dealkylation sites (N-methyl/N-ethyl adjacent to an activating group) is 1. The number of nitrogens with zero attached hydrogens (tertiary/aromatic N) is 1. The molecule has 0 aliphatic heterocycles. The normalized spacial score (nSPS) is 13.1. The van der Waals surface area contributed by atoms with Crippen LogP contribution >= 0.6 is 0 Å². The molecule has 0 bridgehead atoms. The Hall–Kier alpha value is -1.65. The quantitative estimate of drug-likeness (QED) is 0.752. The Labute approximate surface area is 107 Å². The summed E-state index contributed by atoms with van der Waals surface area (Å²) in [6.07, 6.45) is 2.69. The van der Waals surface area contributed by atoms with E-state index in [0.29, 0.717) is 0 Å². The summed E-state index contributed by atoms with van der Waals surface area (Å²) < 4.78 is 0. The lowest BCUT2D eigenvalue weighted by Gasteiger charge is -2.22. The number of carbonyl (C=O) groups is 1. The van der Waals surface area contributed by atoms with Crippen LogP contribution in [-0.2, 0) is 11.3 Å². The van der Waals surface area contributed by atoms with Gasteiger partial charge in [0, 0.05) is 18.7 Å². The fourth-order valence-electron chi connectivity index (χ4n) is 1.55. The molecule has 0 aliphatic carbocycles. The minimum Gasteiger partial charge on any atom is -0.478 e. The Bertz CT molecular complexity index is 429. The SMILES string of the molecule is CC(CO)N(C)Cc1cccc(/C=C/C(=O)O)c1. The van der Waals surface area contributed by atoms with E-state index in [1.165, 1.54) is 0 Å². The zero-order valence-electron chi connectivity index (χ0n) is 10.7. The highest BCUT2D eigenvalue weighted by atomic mass is 16.4. The highest BCUT2D eigenvalue weighted by molar-refractivity contribution is 5.85. The lowest BCUT2D eigenvalue weighted by molar-refractivity contribution is -0.131. The second-order valence-corrected chi connectivity index (χ2v) is 4.36. The van der Waals surface area contributed by atoms with Crippen LogP contribution in [0.3, 0.4) is 0 Å². The maximum Gasteiger partial charge on any atom is 0.328 e. The topological polar surface area (TPSA) is 60.8 Å². The molecule has 1 unspecified atom stereocenters. The van der Waals surface area contributed by atoms with E-state index in [-0.39, 0.29) is 12.6 Å². The first-order valence-electron chi connectivity index (χ1n) is 5.84. The largest absolute Gasteiger partial charge is 0.478 e. The van der Waals surface area contributed by atoms with Crippen molar-refractivity contribution in [3.8, 4) is 0 Å². The molecular formula is C14H19NO3. The molecule has 0 fully saturated rings. The van der Waals surface area contributed by atoms with Gasteiger partial charge in [0.2, 0.25) is 0 Å². The maximum absolute atomic E-state index is 10.4. The van der Waals surface area contributed by atoms with E-state index in [9.17, 15) is 4.79 Å². The summed E-state index contributed by atoms with van der Waals surface area (Å²) in [5.41, 5.74) is 1.95. The van der Waals surface area contributed by atoms with E-state index < -0.39 is 5.97 Å². The molecule has 0 saturated heterocycles. The first kappa shape index (κ1) is 14.4. The van der Waals surface area contributed by atoms with Crippen molar-refractivity contribution >= 4 is 12.0 Å². The van der Waals surface area contributed by atoms with Crippen LogP contribution in [0.1, 0.15) is 18.1 Å². The molecule has 2 N–H and O–H groups in total. The molecule has 0 saturated carbocycles. The highest BCUT2D eigenvalue weighted by Gasteiger charge is 2.07. The number of hydrogen-bond donors (Lipinski definition) is 2. The van der Waals surface area contributed by atoms with E-state index in [1.54, 1.807) is 6.08 Å². The third-order valence-corrected chi connectivity index (χ3v) is 2.82. The van der Waals surface area contributed by atoms with Crippen LogP contribution in [0.2, 0.25) is 0 Å². The monoisotopic (exact) mass is 249 g/mol. The molecule has 0 aliphatic rings. The molecule has 98 valence electrons. The number of benzene rings is 1. The van der Waals surface area contributed by atoms with Gasteiger partial charge in [0.05, 0.1) is 6.61 Å². The van der Waals surface area contributed by atoms with Crippen molar-refractivity contribution in [2.24, 2.45) is 0 Å². The third kappa shape index (κ3) is 4.69. The zero-order chi connectivity index (χ0) is 13.5. The molecule has 0 spiro atoms. The van der Waals surface area contributed by atoms with Gasteiger partial charge in [-0.3, -0.25) is 4.90 Å². The average Bonchev–Trinajstić information content (AvgIpc) is 2.35. The minimum absolute atomic E-state index is 0.100. The smallest absolute Gasteiger partial charge is 0.328 e. The fraction of sp³-hybridized carbons (Fsp3) is 0.357. The predicted molar refractivity (Wildman–Crippen MR) is 71.1 cm³/mol. The predicted octanol–water partition coefficient (Wildman–Crippen LogP) is 1.60. The van der Waals surface area contributed by atoms with Crippen LogP contribution in [0.25, 0.3) is 6.08 Å². The molecule has 4 heteroatoms. The van der Waals surface area contributed by atoms with Crippen molar-refractivity contribution in [3.05, 3.63) is 41.5 Å². The van der Waals surface area contributed by atoms with Crippen LogP contribution in [0.5, 0.6) is 0 Å². The number of carboxylic acids is 1. The molecular weight excluding hydrogens is 230 g/mol. The summed E-state index contributed by atoms with van der Waals surface area (Å²) in [4.78, 5) is 12.5. The summed E-state index contributed by atoms with van der Waals surface area (Å²) in [6, 6.07) is 7.79. The van der Waals surface area contributed by atoms with Crippen LogP contribution in [0.15, 0.2) is 30.3 Å². The van der Waals surface area contributed by atoms with Crippen LogP contribution in [0, 0.1) is 0 Å². The summed E-state index contributed by atoms with van der Waals surface area (Å²) in [7, 11) is 1.95. The zero-order valence-corrected chi connectivity index (χ0v) is 10.7. The lowest BCUT2D eigenvalue weighted by atomic mass is 10.1. The molecule has 4 nitrogen and oxygen atoms in total. The second-order valence-electron chi connectivity index (χ2n) is 4.36. The van der Waals surface area contributed by atoms with Gasteiger partial charge in [0.1, 0.15) is 0 Å². The van der Waals surface area contributed by atoms with E-state index in [1.807, 2.05) is 43.1 Å². The van der Waals surface area contributed by atoms with Crippen LogP contribution in [-0.4, -0.2) is 40.8 Å². The van der Waals surface area contributed by atoms with E-state index in [2.05, 4.69) is 0 Å². The number of hydrogen-bond acceptors (Lipinski definition) is 3. The molecule has 0 aromatic heterocycles. The molecule has 0 radical (unpaired) electrons. The minimum atomic E-state index is -0.952. The number of carboxylic acid groups (broad SMARTS) is 1. The first-order chi connectivity index (χ1) is 8.52. The van der Waals surface area contributed by atoms with E-state index in [0.717, 1.165) is 23.7 Å². The molecule has 1 atom stereocenters. The van der Waals surface area contributed by atoms with Gasteiger partial charge >= 0.3 is 5.97 Å². The van der Waals surface area contributed by atoms with Crippen molar-refractivity contribution in [2.45, 2.75) is 19.5 Å². The molecule has 1 rings (SSSR count). The van der Waals surface area contributed by atoms with Crippen molar-refractivity contribution in [2.75, 3.05) is 13.7 Å². The van der Waals surface area contributed by atoms with Gasteiger partial charge in [-0.2, -0.15) is 0 Å². The molecule has 0 heterocycles. The third-order valence-electron chi connectivity index (χ3n) is 2.82. The number of aliphatic carboxylic acids is 1. The average molecular weight is 249 g/mol. The van der Waals surface area contributed by atoms with Crippen molar-refractivity contribution in [1.29, 1.82) is 0 Å². The standard InChI is InChI=1S/C14H19NO3/c1-11(10-16)15(2)9-13-5-3-4-12(8-13)6-7-14(17)18/h3-8,11,16H,9-10H2,1-2H3,(H,17,18)/b7-6+. The van der Waals surface area contributed by atoms with Gasteiger partial charge in [-0.25, -0.2) is 4.79 Å². The summed E-state index contributed by atoms with van der Waals surface area (Å²) >= 11 is 0. The van der Waals surface area contributed by atoms with Crippen LogP contribution in [0.4, 0.5) is 0 Å². The summed E-state index contributed by atoms with van der Waals surface area (Å²) in [6.45, 7) is 2.79. The summed E-state index contributed by atoms with van der Waals surface area (Å²) in [5.74, 6) is -0.952. The molecule has 0 amide bonds. The highest BCUT2D eigenvalue weighted by Crippen LogP contribution is 2.10. The second kappa shape index (κ2) is 6.93. The Morgan fingerprint density at radius 3 is 2.83 bits per heavy atom. The fourth-order valence-corrected chi connectivity index (χ4v) is 1.55. The van der Waals surface area contributed by atoms with Gasteiger partial charge in [-0.05, 0) is 31.2 Å². The molecule has 1 aromatic carbocycles. The van der Waals surface area contributed by atoms with Crippen LogP contribution < -0.4 is 0 Å². The first-order valence-corrected chi connectivity index (χ1v) is 5.84. The van der Waals surface area contributed by atoms with Crippen molar-refractivity contribution in [1.82, 2.24) is 4.90 Å². The maximum atomic E-state index is 10.4. The van der Waals surface area contributed by atoms with Crippen molar-refractivity contribution in [3.63, 3.8) is 0 Å². The number of aliphatic hydroxyl groups is 1. The van der Waals surface area contributed by atoms with Gasteiger partial charge in [0.25, 0.3) is 0 Å². The number of rotatable bonds is 6. The lowest BCUT2D eigenvalue weighted by Crippen LogP contribution is -2.31. The van der Waals surface area contributed by atoms with Gasteiger partial charge in [-0.15, -0.1) is 0 Å². The van der Waals surface area contributed by atoms with Gasteiger partial charge in [-0.1, -0.05) is 24.3 Å². The van der Waals surface area contributed by atoms with Gasteiger partial charge < -0.3 is 10.2 Å². The van der Waals surface area contributed by atoms with E-state index >= 15 is 0 Å². The Balaban J connectivity index is 2.73. The van der Waals surface area contributed by atoms with E-state index in [4.69, 9.17) is 10.2 Å². The molecule has 1 aromatic rings. The Morgan fingerprint density at radius 2 is 2.22 bits per heavy atom. The van der Waals surface area contributed by atoms with Crippen molar-refractivity contribution < 1.29 is 15.0 Å². The number of aliphatic hydroxyl groups excluding tert-OH is 1. The summed E-state index contributed by atoms with van der Waals surface area (Å²) in [5, 5.41) is 17.6.